The van der Waals surface area contributed by atoms with Gasteiger partial charge in [0, 0.05) is 0 Å². The molecule has 1 heterocycles. The first-order chi connectivity index (χ1) is 9.39. The molecule has 2 N–H and O–H groups in total. The number of aliphatic carboxylic acids is 1. The third-order valence-electron chi connectivity index (χ3n) is 3.52. The van der Waals surface area contributed by atoms with Crippen molar-refractivity contribution in [2.45, 2.75) is 19.4 Å². The van der Waals surface area contributed by atoms with Crippen LogP contribution in [0.1, 0.15) is 19.4 Å². The zero-order valence-electron chi connectivity index (χ0n) is 11.3. The average molecular weight is 276 g/mol. The van der Waals surface area contributed by atoms with Gasteiger partial charge in [0.05, 0.1) is 0 Å². The second-order valence-electron chi connectivity index (χ2n) is 5.04. The Bertz CT molecular complexity index is 556. The maximum absolute atomic E-state index is 12.6. The standard InChI is InChI=1S/C14H16N2O4/c1-9(2)14(10-6-4-3-5-7-10)12(19)16(8-11(17)18)13(20)15-14/h3-7,9H,8H2,1-2H3,(H,15,20)(H,17,18). The maximum Gasteiger partial charge on any atom is 0.325 e. The largest absolute Gasteiger partial charge is 0.480 e. The molecule has 0 bridgehead atoms. The molecule has 2 rings (SSSR count). The van der Waals surface area contributed by atoms with Gasteiger partial charge in [-0.2, -0.15) is 0 Å². The molecule has 0 saturated carbocycles. The van der Waals surface area contributed by atoms with Crippen LogP contribution in [0, 0.1) is 5.92 Å². The highest BCUT2D eigenvalue weighted by Gasteiger charge is 2.54. The van der Waals surface area contributed by atoms with Crippen LogP contribution in [0.15, 0.2) is 30.3 Å². The van der Waals surface area contributed by atoms with Crippen molar-refractivity contribution in [3.8, 4) is 0 Å². The zero-order chi connectivity index (χ0) is 14.9. The predicted molar refractivity (Wildman–Crippen MR) is 70.8 cm³/mol. The van der Waals surface area contributed by atoms with Crippen molar-refractivity contribution in [1.82, 2.24) is 10.2 Å². The zero-order valence-corrected chi connectivity index (χ0v) is 11.3. The summed E-state index contributed by atoms with van der Waals surface area (Å²) in [5, 5.41) is 11.5. The van der Waals surface area contributed by atoms with Crippen LogP contribution in [-0.4, -0.2) is 34.5 Å². The maximum atomic E-state index is 12.6. The van der Waals surface area contributed by atoms with Gasteiger partial charge in [-0.1, -0.05) is 44.2 Å². The van der Waals surface area contributed by atoms with Gasteiger partial charge in [0.15, 0.2) is 0 Å². The van der Waals surface area contributed by atoms with Gasteiger partial charge in [-0.25, -0.2) is 4.79 Å². The van der Waals surface area contributed by atoms with Gasteiger partial charge in [-0.3, -0.25) is 14.5 Å². The van der Waals surface area contributed by atoms with E-state index in [1.165, 1.54) is 0 Å². The van der Waals surface area contributed by atoms with Gasteiger partial charge >= 0.3 is 12.0 Å². The predicted octanol–water partition coefficient (Wildman–Crippen LogP) is 1.17. The van der Waals surface area contributed by atoms with Crippen LogP contribution < -0.4 is 5.32 Å². The monoisotopic (exact) mass is 276 g/mol. The number of amides is 3. The molecule has 1 aliphatic heterocycles. The Morgan fingerprint density at radius 3 is 2.40 bits per heavy atom. The Labute approximate surface area is 116 Å². The Balaban J connectivity index is 2.48. The Kier molecular flexibility index (Phi) is 3.48. The van der Waals surface area contributed by atoms with E-state index in [0.717, 1.165) is 4.90 Å². The van der Waals surface area contributed by atoms with Gasteiger partial charge in [0.1, 0.15) is 12.1 Å². The summed E-state index contributed by atoms with van der Waals surface area (Å²) in [7, 11) is 0. The highest BCUT2D eigenvalue weighted by Crippen LogP contribution is 2.35. The molecule has 1 unspecified atom stereocenters. The summed E-state index contributed by atoms with van der Waals surface area (Å²) >= 11 is 0. The number of nitrogens with zero attached hydrogens (tertiary/aromatic N) is 1. The highest BCUT2D eigenvalue weighted by atomic mass is 16.4. The average Bonchev–Trinajstić information content (AvgIpc) is 2.65. The topological polar surface area (TPSA) is 86.7 Å². The fraction of sp³-hybridized carbons (Fsp3) is 0.357. The number of rotatable bonds is 4. The molecule has 1 aliphatic rings. The number of carboxylic acids is 1. The van der Waals surface area contributed by atoms with Crippen LogP contribution in [0.4, 0.5) is 4.79 Å². The molecule has 1 saturated heterocycles. The third-order valence-corrected chi connectivity index (χ3v) is 3.52. The fourth-order valence-electron chi connectivity index (χ4n) is 2.49. The summed E-state index contributed by atoms with van der Waals surface area (Å²) in [6, 6.07) is 8.20. The second kappa shape index (κ2) is 4.96. The minimum atomic E-state index is -1.22. The van der Waals surface area contributed by atoms with Crippen molar-refractivity contribution in [3.05, 3.63) is 35.9 Å². The van der Waals surface area contributed by atoms with Crippen molar-refractivity contribution < 1.29 is 19.5 Å². The van der Waals surface area contributed by atoms with E-state index in [4.69, 9.17) is 5.11 Å². The first kappa shape index (κ1) is 14.0. The highest BCUT2D eigenvalue weighted by molar-refractivity contribution is 6.09. The summed E-state index contributed by atoms with van der Waals surface area (Å²) in [5.41, 5.74) is -0.547. The van der Waals surface area contributed by atoms with Crippen LogP contribution >= 0.6 is 0 Å². The molecule has 0 spiro atoms. The molecular weight excluding hydrogens is 260 g/mol. The van der Waals surface area contributed by atoms with Crippen molar-refractivity contribution in [1.29, 1.82) is 0 Å². The molecule has 0 aromatic heterocycles. The summed E-state index contributed by atoms with van der Waals surface area (Å²) in [6.45, 7) is 3.00. The number of carbonyl (C=O) groups excluding carboxylic acids is 2. The van der Waals surface area contributed by atoms with Gasteiger partial charge in [0.2, 0.25) is 0 Å². The van der Waals surface area contributed by atoms with E-state index < -0.39 is 30.0 Å². The lowest BCUT2D eigenvalue weighted by atomic mass is 9.80. The van der Waals surface area contributed by atoms with Crippen LogP contribution in [-0.2, 0) is 15.1 Å². The molecular formula is C14H16N2O4. The van der Waals surface area contributed by atoms with Crippen LogP contribution in [0.2, 0.25) is 0 Å². The van der Waals surface area contributed by atoms with Gasteiger partial charge in [0.25, 0.3) is 5.91 Å². The lowest BCUT2D eigenvalue weighted by molar-refractivity contribution is -0.143. The third kappa shape index (κ3) is 2.03. The van der Waals surface area contributed by atoms with Crippen LogP contribution in [0.3, 0.4) is 0 Å². The van der Waals surface area contributed by atoms with E-state index in [9.17, 15) is 14.4 Å². The molecule has 6 heteroatoms. The fourth-order valence-corrected chi connectivity index (χ4v) is 2.49. The first-order valence-corrected chi connectivity index (χ1v) is 6.31. The molecule has 0 aliphatic carbocycles. The molecule has 1 fully saturated rings. The molecule has 1 atom stereocenters. The molecule has 6 nitrogen and oxygen atoms in total. The quantitative estimate of drug-likeness (QED) is 0.808. The van der Waals surface area contributed by atoms with E-state index in [1.54, 1.807) is 24.3 Å². The molecule has 20 heavy (non-hydrogen) atoms. The molecule has 1 aromatic rings. The minimum absolute atomic E-state index is 0.208. The number of carboxylic acid groups (broad SMARTS) is 1. The van der Waals surface area contributed by atoms with E-state index in [0.29, 0.717) is 5.56 Å². The van der Waals surface area contributed by atoms with Gasteiger partial charge in [-0.15, -0.1) is 0 Å². The number of nitrogens with one attached hydrogen (secondary N) is 1. The summed E-state index contributed by atoms with van der Waals surface area (Å²) in [4.78, 5) is 36.1. The van der Waals surface area contributed by atoms with Crippen molar-refractivity contribution in [2.24, 2.45) is 5.92 Å². The lowest BCUT2D eigenvalue weighted by Crippen LogP contribution is -2.48. The smallest absolute Gasteiger partial charge is 0.325 e. The van der Waals surface area contributed by atoms with Crippen LogP contribution in [0.25, 0.3) is 0 Å². The van der Waals surface area contributed by atoms with Crippen LogP contribution in [0.5, 0.6) is 0 Å². The number of imide groups is 1. The van der Waals surface area contributed by atoms with Gasteiger partial charge in [-0.05, 0) is 11.5 Å². The first-order valence-electron chi connectivity index (χ1n) is 6.31. The molecule has 1 aromatic carbocycles. The number of hydrogen-bond donors (Lipinski definition) is 2. The number of carbonyl (C=O) groups is 3. The minimum Gasteiger partial charge on any atom is -0.480 e. The van der Waals surface area contributed by atoms with Crippen molar-refractivity contribution in [3.63, 3.8) is 0 Å². The Morgan fingerprint density at radius 1 is 1.30 bits per heavy atom. The summed E-state index contributed by atoms with van der Waals surface area (Å²) in [5.74, 6) is -1.95. The Morgan fingerprint density at radius 2 is 1.90 bits per heavy atom. The number of benzene rings is 1. The van der Waals surface area contributed by atoms with E-state index in [2.05, 4.69) is 5.32 Å². The molecule has 3 amide bonds. The van der Waals surface area contributed by atoms with Crippen molar-refractivity contribution >= 4 is 17.9 Å². The van der Waals surface area contributed by atoms with Crippen molar-refractivity contribution in [2.75, 3.05) is 6.54 Å². The summed E-state index contributed by atoms with van der Waals surface area (Å²) < 4.78 is 0. The lowest BCUT2D eigenvalue weighted by Gasteiger charge is -2.31. The normalized spacial score (nSPS) is 22.2. The molecule has 106 valence electrons. The Hall–Kier alpha value is -2.37. The SMILES string of the molecule is CC(C)C1(c2ccccc2)NC(=O)N(CC(=O)O)C1=O. The van der Waals surface area contributed by atoms with E-state index in [-0.39, 0.29) is 5.92 Å². The van der Waals surface area contributed by atoms with Gasteiger partial charge < -0.3 is 10.4 Å². The second-order valence-corrected chi connectivity index (χ2v) is 5.04. The summed E-state index contributed by atoms with van der Waals surface area (Å²) in [6.07, 6.45) is 0. The number of hydrogen-bond acceptors (Lipinski definition) is 3. The molecule has 0 radical (unpaired) electrons. The van der Waals surface area contributed by atoms with E-state index in [1.807, 2.05) is 19.9 Å². The van der Waals surface area contributed by atoms with E-state index >= 15 is 0 Å². The number of urea groups is 1.